The lowest BCUT2D eigenvalue weighted by molar-refractivity contribution is 0.207. The standard InChI is InChI=1S/C15H24N2O/c1-15(2)9-10-17(11-14(15)16-3)12-7-5-6-8-13(12)18-4/h5-8,14,16H,9-11H2,1-4H3. The summed E-state index contributed by atoms with van der Waals surface area (Å²) >= 11 is 0. The lowest BCUT2D eigenvalue weighted by Gasteiger charge is -2.45. The van der Waals surface area contributed by atoms with Crippen LogP contribution in [0.2, 0.25) is 0 Å². The predicted molar refractivity (Wildman–Crippen MR) is 76.5 cm³/mol. The first-order valence-corrected chi connectivity index (χ1v) is 6.63. The molecule has 2 rings (SSSR count). The van der Waals surface area contributed by atoms with Crippen molar-refractivity contribution >= 4 is 5.69 Å². The van der Waals surface area contributed by atoms with Gasteiger partial charge in [0.25, 0.3) is 0 Å². The van der Waals surface area contributed by atoms with Crippen LogP contribution in [-0.2, 0) is 0 Å². The third-order valence-corrected chi connectivity index (χ3v) is 4.15. The van der Waals surface area contributed by atoms with Crippen LogP contribution in [0.3, 0.4) is 0 Å². The number of benzene rings is 1. The molecule has 0 saturated carbocycles. The van der Waals surface area contributed by atoms with E-state index < -0.39 is 0 Å². The smallest absolute Gasteiger partial charge is 0.142 e. The average molecular weight is 248 g/mol. The number of likely N-dealkylation sites (N-methyl/N-ethyl adjacent to an activating group) is 1. The highest BCUT2D eigenvalue weighted by Crippen LogP contribution is 2.35. The molecule has 0 aliphatic carbocycles. The van der Waals surface area contributed by atoms with Crippen molar-refractivity contribution < 1.29 is 4.74 Å². The Labute approximate surface area is 110 Å². The van der Waals surface area contributed by atoms with Crippen LogP contribution in [0.4, 0.5) is 5.69 Å². The van der Waals surface area contributed by atoms with Crippen molar-refractivity contribution in [2.45, 2.75) is 26.3 Å². The number of rotatable bonds is 3. The topological polar surface area (TPSA) is 24.5 Å². The molecule has 0 bridgehead atoms. The van der Waals surface area contributed by atoms with Crippen molar-refractivity contribution in [3.05, 3.63) is 24.3 Å². The first-order valence-electron chi connectivity index (χ1n) is 6.63. The van der Waals surface area contributed by atoms with E-state index in [0.717, 1.165) is 18.8 Å². The molecular formula is C15H24N2O. The molecule has 0 aromatic heterocycles. The van der Waals surface area contributed by atoms with Crippen molar-refractivity contribution in [1.29, 1.82) is 0 Å². The molecule has 1 aromatic carbocycles. The first-order chi connectivity index (χ1) is 8.58. The van der Waals surface area contributed by atoms with Gasteiger partial charge in [-0.2, -0.15) is 0 Å². The van der Waals surface area contributed by atoms with E-state index in [1.165, 1.54) is 12.1 Å². The van der Waals surface area contributed by atoms with E-state index in [0.29, 0.717) is 11.5 Å². The van der Waals surface area contributed by atoms with Gasteiger partial charge in [-0.1, -0.05) is 26.0 Å². The highest BCUT2D eigenvalue weighted by Gasteiger charge is 2.35. The van der Waals surface area contributed by atoms with Gasteiger partial charge in [0.05, 0.1) is 12.8 Å². The molecule has 3 nitrogen and oxygen atoms in total. The molecule has 1 aliphatic heterocycles. The largest absolute Gasteiger partial charge is 0.495 e. The summed E-state index contributed by atoms with van der Waals surface area (Å²) in [6.07, 6.45) is 1.19. The summed E-state index contributed by atoms with van der Waals surface area (Å²) in [5, 5.41) is 3.45. The van der Waals surface area contributed by atoms with Crippen molar-refractivity contribution in [3.63, 3.8) is 0 Å². The Morgan fingerprint density at radius 2 is 2.06 bits per heavy atom. The van der Waals surface area contributed by atoms with Gasteiger partial charge in [-0.05, 0) is 31.0 Å². The van der Waals surface area contributed by atoms with Crippen LogP contribution in [0.25, 0.3) is 0 Å². The van der Waals surface area contributed by atoms with Gasteiger partial charge in [0.15, 0.2) is 0 Å². The minimum Gasteiger partial charge on any atom is -0.495 e. The lowest BCUT2D eigenvalue weighted by atomic mass is 9.78. The molecule has 0 spiro atoms. The van der Waals surface area contributed by atoms with Crippen LogP contribution in [0, 0.1) is 5.41 Å². The highest BCUT2D eigenvalue weighted by atomic mass is 16.5. The van der Waals surface area contributed by atoms with E-state index in [4.69, 9.17) is 4.74 Å². The zero-order chi connectivity index (χ0) is 13.2. The first kappa shape index (κ1) is 13.2. The molecule has 1 aromatic rings. The third kappa shape index (κ3) is 2.46. The Balaban J connectivity index is 2.20. The predicted octanol–water partition coefficient (Wildman–Crippen LogP) is 2.52. The molecule has 1 fully saturated rings. The average Bonchev–Trinajstić information content (AvgIpc) is 2.38. The van der Waals surface area contributed by atoms with Crippen LogP contribution in [0.1, 0.15) is 20.3 Å². The van der Waals surface area contributed by atoms with Gasteiger partial charge in [-0.25, -0.2) is 0 Å². The van der Waals surface area contributed by atoms with E-state index in [9.17, 15) is 0 Å². The van der Waals surface area contributed by atoms with E-state index >= 15 is 0 Å². The quantitative estimate of drug-likeness (QED) is 0.889. The van der Waals surface area contributed by atoms with Crippen molar-refractivity contribution in [3.8, 4) is 5.75 Å². The van der Waals surface area contributed by atoms with Gasteiger partial charge in [0.2, 0.25) is 0 Å². The van der Waals surface area contributed by atoms with E-state index in [1.807, 2.05) is 12.1 Å². The van der Waals surface area contributed by atoms with Crippen LogP contribution in [0.5, 0.6) is 5.75 Å². The van der Waals surface area contributed by atoms with Crippen LogP contribution in [0.15, 0.2) is 24.3 Å². The fourth-order valence-electron chi connectivity index (χ4n) is 2.75. The second kappa shape index (κ2) is 5.19. The molecule has 0 radical (unpaired) electrons. The minimum atomic E-state index is 0.354. The summed E-state index contributed by atoms with van der Waals surface area (Å²) in [5.74, 6) is 0.965. The van der Waals surface area contributed by atoms with E-state index in [1.54, 1.807) is 7.11 Å². The molecule has 1 saturated heterocycles. The number of para-hydroxylation sites is 2. The third-order valence-electron chi connectivity index (χ3n) is 4.15. The van der Waals surface area contributed by atoms with Crippen LogP contribution in [-0.4, -0.2) is 33.3 Å². The summed E-state index contributed by atoms with van der Waals surface area (Å²) in [6.45, 7) is 6.80. The Kier molecular flexibility index (Phi) is 3.81. The number of hydrogen-bond donors (Lipinski definition) is 1. The van der Waals surface area contributed by atoms with Crippen molar-refractivity contribution in [2.75, 3.05) is 32.1 Å². The van der Waals surface area contributed by atoms with E-state index in [-0.39, 0.29) is 0 Å². The van der Waals surface area contributed by atoms with Gasteiger partial charge in [-0.15, -0.1) is 0 Å². The molecule has 1 unspecified atom stereocenters. The Morgan fingerprint density at radius 1 is 1.33 bits per heavy atom. The second-order valence-corrected chi connectivity index (χ2v) is 5.70. The van der Waals surface area contributed by atoms with Gasteiger partial charge in [0, 0.05) is 19.1 Å². The minimum absolute atomic E-state index is 0.354. The Morgan fingerprint density at radius 3 is 2.72 bits per heavy atom. The number of nitrogens with one attached hydrogen (secondary N) is 1. The number of piperidine rings is 1. The molecule has 3 heteroatoms. The van der Waals surface area contributed by atoms with Crippen LogP contribution >= 0.6 is 0 Å². The number of hydrogen-bond acceptors (Lipinski definition) is 3. The summed E-state index contributed by atoms with van der Waals surface area (Å²) < 4.78 is 5.46. The van der Waals surface area contributed by atoms with Gasteiger partial charge in [0.1, 0.15) is 5.75 Å². The summed E-state index contributed by atoms with van der Waals surface area (Å²) in [7, 11) is 3.79. The number of ether oxygens (including phenoxy) is 1. The molecule has 1 N–H and O–H groups in total. The molecule has 18 heavy (non-hydrogen) atoms. The van der Waals surface area contributed by atoms with Crippen molar-refractivity contribution in [1.82, 2.24) is 5.32 Å². The monoisotopic (exact) mass is 248 g/mol. The normalized spacial score (nSPS) is 22.9. The summed E-state index contributed by atoms with van der Waals surface area (Å²) in [6, 6.07) is 8.78. The maximum absolute atomic E-state index is 5.46. The molecular weight excluding hydrogens is 224 g/mol. The zero-order valence-corrected chi connectivity index (χ0v) is 11.9. The summed E-state index contributed by atoms with van der Waals surface area (Å²) in [5.41, 5.74) is 1.56. The molecule has 1 aliphatic rings. The van der Waals surface area contributed by atoms with Gasteiger partial charge < -0.3 is 15.0 Å². The summed E-state index contributed by atoms with van der Waals surface area (Å²) in [4.78, 5) is 2.42. The number of anilines is 1. The number of nitrogens with zero attached hydrogens (tertiary/aromatic N) is 1. The fourth-order valence-corrected chi connectivity index (χ4v) is 2.75. The Hall–Kier alpha value is -1.22. The SMILES string of the molecule is CNC1CN(c2ccccc2OC)CCC1(C)C. The lowest BCUT2D eigenvalue weighted by Crippen LogP contribution is -2.54. The van der Waals surface area contributed by atoms with Gasteiger partial charge in [-0.3, -0.25) is 0 Å². The second-order valence-electron chi connectivity index (χ2n) is 5.70. The molecule has 1 atom stereocenters. The maximum atomic E-state index is 5.46. The molecule has 100 valence electrons. The van der Waals surface area contributed by atoms with Crippen molar-refractivity contribution in [2.24, 2.45) is 5.41 Å². The molecule has 0 amide bonds. The van der Waals surface area contributed by atoms with Crippen LogP contribution < -0.4 is 15.0 Å². The Bertz CT molecular complexity index is 403. The maximum Gasteiger partial charge on any atom is 0.142 e. The fraction of sp³-hybridized carbons (Fsp3) is 0.600. The highest BCUT2D eigenvalue weighted by molar-refractivity contribution is 5.58. The zero-order valence-electron chi connectivity index (χ0n) is 11.9. The van der Waals surface area contributed by atoms with E-state index in [2.05, 4.69) is 43.2 Å². The number of methoxy groups -OCH3 is 1. The van der Waals surface area contributed by atoms with Gasteiger partial charge >= 0.3 is 0 Å². The molecule has 1 heterocycles.